The lowest BCUT2D eigenvalue weighted by Crippen LogP contribution is -2.40. The summed E-state index contributed by atoms with van der Waals surface area (Å²) in [6.45, 7) is 5.38. The Balaban J connectivity index is 1.89. The summed E-state index contributed by atoms with van der Waals surface area (Å²) in [5, 5.41) is 2.59. The van der Waals surface area contributed by atoms with Gasteiger partial charge >= 0.3 is 0 Å². The predicted molar refractivity (Wildman–Crippen MR) is 62.4 cm³/mol. The molecule has 0 bridgehead atoms. The second-order valence-electron chi connectivity index (χ2n) is 5.40. The van der Waals surface area contributed by atoms with E-state index in [-0.39, 0.29) is 30.1 Å². The fourth-order valence-corrected chi connectivity index (χ4v) is 2.38. The van der Waals surface area contributed by atoms with Crippen LogP contribution >= 0.6 is 0 Å². The van der Waals surface area contributed by atoms with E-state index in [0.29, 0.717) is 19.5 Å². The van der Waals surface area contributed by atoms with E-state index in [1.807, 2.05) is 0 Å². The highest BCUT2D eigenvalue weighted by molar-refractivity contribution is 5.87. The van der Waals surface area contributed by atoms with E-state index < -0.39 is 0 Å². The zero-order valence-electron chi connectivity index (χ0n) is 10.5. The zero-order chi connectivity index (χ0) is 12.5. The van der Waals surface area contributed by atoms with Crippen molar-refractivity contribution in [2.24, 2.45) is 0 Å². The van der Waals surface area contributed by atoms with Crippen LogP contribution in [0.1, 0.15) is 33.1 Å². The highest BCUT2D eigenvalue weighted by Gasteiger charge is 2.33. The summed E-state index contributed by atoms with van der Waals surface area (Å²) >= 11 is 0. The summed E-state index contributed by atoms with van der Waals surface area (Å²) in [6.07, 6.45) is 2.51. The van der Waals surface area contributed by atoms with Crippen molar-refractivity contribution in [3.05, 3.63) is 0 Å². The molecule has 1 N–H and O–H groups in total. The van der Waals surface area contributed by atoms with Crippen LogP contribution in [0.3, 0.4) is 0 Å². The SMILES string of the molecule is CC1(C)CCC(CN2CCC(=O)NCC2=O)O1. The van der Waals surface area contributed by atoms with Crippen molar-refractivity contribution in [1.29, 1.82) is 0 Å². The minimum Gasteiger partial charge on any atom is -0.371 e. The average molecular weight is 240 g/mol. The van der Waals surface area contributed by atoms with Crippen molar-refractivity contribution in [3.8, 4) is 0 Å². The van der Waals surface area contributed by atoms with E-state index in [4.69, 9.17) is 4.74 Å². The smallest absolute Gasteiger partial charge is 0.242 e. The maximum absolute atomic E-state index is 11.8. The Bertz CT molecular complexity index is 328. The molecule has 2 saturated heterocycles. The van der Waals surface area contributed by atoms with E-state index in [1.165, 1.54) is 0 Å². The number of nitrogens with zero attached hydrogens (tertiary/aromatic N) is 1. The molecule has 1 unspecified atom stereocenters. The Hall–Kier alpha value is -1.10. The normalized spacial score (nSPS) is 29.1. The van der Waals surface area contributed by atoms with Crippen LogP contribution in [0.25, 0.3) is 0 Å². The number of amides is 2. The fourth-order valence-electron chi connectivity index (χ4n) is 2.38. The van der Waals surface area contributed by atoms with Crippen molar-refractivity contribution >= 4 is 11.8 Å². The van der Waals surface area contributed by atoms with Gasteiger partial charge in [-0.05, 0) is 26.7 Å². The van der Waals surface area contributed by atoms with Crippen LogP contribution in [0, 0.1) is 0 Å². The Morgan fingerprint density at radius 3 is 2.88 bits per heavy atom. The van der Waals surface area contributed by atoms with Gasteiger partial charge in [0.1, 0.15) is 0 Å². The Kier molecular flexibility index (Phi) is 3.38. The van der Waals surface area contributed by atoms with Gasteiger partial charge in [-0.2, -0.15) is 0 Å². The third kappa shape index (κ3) is 3.19. The van der Waals surface area contributed by atoms with Gasteiger partial charge in [0, 0.05) is 19.5 Å². The summed E-state index contributed by atoms with van der Waals surface area (Å²) in [7, 11) is 0. The molecule has 5 nitrogen and oxygen atoms in total. The van der Waals surface area contributed by atoms with Gasteiger partial charge in [-0.1, -0.05) is 0 Å². The maximum atomic E-state index is 11.8. The number of hydrogen-bond acceptors (Lipinski definition) is 3. The van der Waals surface area contributed by atoms with Crippen LogP contribution in [0.2, 0.25) is 0 Å². The molecule has 2 aliphatic rings. The van der Waals surface area contributed by atoms with E-state index in [9.17, 15) is 9.59 Å². The monoisotopic (exact) mass is 240 g/mol. The van der Waals surface area contributed by atoms with Gasteiger partial charge < -0.3 is 15.0 Å². The van der Waals surface area contributed by atoms with Crippen molar-refractivity contribution in [2.75, 3.05) is 19.6 Å². The first kappa shape index (κ1) is 12.4. The summed E-state index contributed by atoms with van der Waals surface area (Å²) < 4.78 is 5.87. The van der Waals surface area contributed by atoms with Gasteiger partial charge in [0.2, 0.25) is 11.8 Å². The van der Waals surface area contributed by atoms with Crippen molar-refractivity contribution < 1.29 is 14.3 Å². The summed E-state index contributed by atoms with van der Waals surface area (Å²) in [6, 6.07) is 0. The molecular formula is C12H20N2O3. The Labute approximate surface area is 101 Å². The van der Waals surface area contributed by atoms with Gasteiger partial charge in [-0.25, -0.2) is 0 Å². The van der Waals surface area contributed by atoms with Gasteiger partial charge in [0.05, 0.1) is 18.2 Å². The van der Waals surface area contributed by atoms with E-state index in [0.717, 1.165) is 12.8 Å². The number of hydrogen-bond donors (Lipinski definition) is 1. The van der Waals surface area contributed by atoms with Crippen LogP contribution in [0.5, 0.6) is 0 Å². The van der Waals surface area contributed by atoms with E-state index in [2.05, 4.69) is 19.2 Å². The largest absolute Gasteiger partial charge is 0.371 e. The first-order valence-electron chi connectivity index (χ1n) is 6.18. The molecule has 2 fully saturated rings. The van der Waals surface area contributed by atoms with Crippen LogP contribution in [-0.2, 0) is 14.3 Å². The topological polar surface area (TPSA) is 58.6 Å². The number of nitrogens with one attached hydrogen (secondary N) is 1. The third-order valence-corrected chi connectivity index (χ3v) is 3.38. The lowest BCUT2D eigenvalue weighted by molar-refractivity contribution is -0.132. The van der Waals surface area contributed by atoms with Gasteiger partial charge in [0.15, 0.2) is 0 Å². The lowest BCUT2D eigenvalue weighted by Gasteiger charge is -2.25. The van der Waals surface area contributed by atoms with E-state index >= 15 is 0 Å². The highest BCUT2D eigenvalue weighted by atomic mass is 16.5. The summed E-state index contributed by atoms with van der Waals surface area (Å²) in [5.74, 6) is -0.0577. The molecule has 2 aliphatic heterocycles. The van der Waals surface area contributed by atoms with Crippen LogP contribution in [0.15, 0.2) is 0 Å². The molecular weight excluding hydrogens is 220 g/mol. The number of rotatable bonds is 2. The molecule has 2 rings (SSSR count). The van der Waals surface area contributed by atoms with Crippen molar-refractivity contribution in [2.45, 2.75) is 44.8 Å². The molecule has 0 aliphatic carbocycles. The Morgan fingerprint density at radius 1 is 1.47 bits per heavy atom. The number of ether oxygens (including phenoxy) is 1. The van der Waals surface area contributed by atoms with Crippen LogP contribution in [-0.4, -0.2) is 48.1 Å². The molecule has 0 aromatic rings. The summed E-state index contributed by atoms with van der Waals surface area (Å²) in [5.41, 5.74) is -0.0758. The third-order valence-electron chi connectivity index (χ3n) is 3.38. The minimum absolute atomic E-state index is 0.0100. The number of carbonyl (C=O) groups is 2. The lowest BCUT2D eigenvalue weighted by atomic mass is 10.1. The fraction of sp³-hybridized carbons (Fsp3) is 0.833. The van der Waals surface area contributed by atoms with E-state index in [1.54, 1.807) is 4.90 Å². The molecule has 2 amide bonds. The maximum Gasteiger partial charge on any atom is 0.242 e. The molecule has 0 aromatic carbocycles. The quantitative estimate of drug-likeness (QED) is 0.755. The molecule has 1 atom stereocenters. The van der Waals surface area contributed by atoms with Gasteiger partial charge in [-0.15, -0.1) is 0 Å². The molecule has 17 heavy (non-hydrogen) atoms. The molecule has 2 heterocycles. The molecule has 0 aromatic heterocycles. The van der Waals surface area contributed by atoms with Gasteiger partial charge in [0.25, 0.3) is 0 Å². The molecule has 0 saturated carbocycles. The van der Waals surface area contributed by atoms with Crippen molar-refractivity contribution in [1.82, 2.24) is 10.2 Å². The second kappa shape index (κ2) is 4.64. The standard InChI is InChI=1S/C12H20N2O3/c1-12(2)5-3-9(17-12)8-14-6-4-10(15)13-7-11(14)16/h9H,3-8H2,1-2H3,(H,13,15). The molecule has 0 radical (unpaired) electrons. The first-order chi connectivity index (χ1) is 7.96. The second-order valence-corrected chi connectivity index (χ2v) is 5.40. The summed E-state index contributed by atoms with van der Waals surface area (Å²) in [4.78, 5) is 24.7. The highest BCUT2D eigenvalue weighted by Crippen LogP contribution is 2.29. The van der Waals surface area contributed by atoms with Crippen LogP contribution < -0.4 is 5.32 Å². The minimum atomic E-state index is -0.0758. The molecule has 5 heteroatoms. The molecule has 96 valence electrons. The zero-order valence-corrected chi connectivity index (χ0v) is 10.5. The van der Waals surface area contributed by atoms with Crippen LogP contribution in [0.4, 0.5) is 0 Å². The average Bonchev–Trinajstić information content (AvgIpc) is 2.52. The first-order valence-corrected chi connectivity index (χ1v) is 6.18. The Morgan fingerprint density at radius 2 is 2.24 bits per heavy atom. The van der Waals surface area contributed by atoms with Crippen molar-refractivity contribution in [3.63, 3.8) is 0 Å². The predicted octanol–water partition coefficient (Wildman–Crippen LogP) is 0.293. The molecule has 0 spiro atoms. The number of carbonyl (C=O) groups excluding carboxylic acids is 2. The van der Waals surface area contributed by atoms with Gasteiger partial charge in [-0.3, -0.25) is 9.59 Å².